The van der Waals surface area contributed by atoms with Gasteiger partial charge in [0.2, 0.25) is 5.89 Å². The summed E-state index contributed by atoms with van der Waals surface area (Å²) in [5, 5.41) is 3.31. The highest BCUT2D eigenvalue weighted by Crippen LogP contribution is 2.30. The summed E-state index contributed by atoms with van der Waals surface area (Å²) in [5.74, 6) is 2.77. The summed E-state index contributed by atoms with van der Waals surface area (Å²) < 4.78 is 6.55. The summed E-state index contributed by atoms with van der Waals surface area (Å²) in [6, 6.07) is 5.11. The molecular weight excluding hydrogens is 358 g/mol. The Morgan fingerprint density at radius 2 is 2.20 bits per heavy atom. The number of thiazole rings is 1. The molecule has 0 spiro atoms. The molecule has 9 heteroatoms. The van der Waals surface area contributed by atoms with Gasteiger partial charge < -0.3 is 4.42 Å². The molecule has 0 saturated heterocycles. The minimum absolute atomic E-state index is 0.287. The first kappa shape index (κ1) is 17.4. The smallest absolute Gasteiger partial charge is 0.329 e. The molecule has 0 aliphatic heterocycles. The highest BCUT2D eigenvalue weighted by atomic mass is 32.2. The molecule has 25 heavy (non-hydrogen) atoms. The Morgan fingerprint density at radius 3 is 2.92 bits per heavy atom. The Balaban J connectivity index is 1.55. The Kier molecular flexibility index (Phi) is 5.67. The molecule has 130 valence electrons. The van der Waals surface area contributed by atoms with Crippen molar-refractivity contribution in [2.24, 2.45) is 0 Å². The lowest BCUT2D eigenvalue weighted by molar-refractivity contribution is 0.258. The number of carbonyl (C=O) groups excluding carboxylic acids is 1. The summed E-state index contributed by atoms with van der Waals surface area (Å²) >= 11 is 2.98. The van der Waals surface area contributed by atoms with E-state index in [2.05, 4.69) is 20.3 Å². The number of oxazole rings is 1. The van der Waals surface area contributed by atoms with Crippen molar-refractivity contribution in [3.8, 4) is 0 Å². The third kappa shape index (κ3) is 4.58. The molecule has 0 aliphatic carbocycles. The summed E-state index contributed by atoms with van der Waals surface area (Å²) in [6.07, 6.45) is 5.96. The van der Waals surface area contributed by atoms with Crippen LogP contribution in [0.15, 0.2) is 45.4 Å². The lowest BCUT2D eigenvalue weighted by Gasteiger charge is -2.15. The molecule has 3 aromatic rings. The zero-order valence-corrected chi connectivity index (χ0v) is 15.4. The number of nitrogens with zero attached hydrogens (tertiary/aromatic N) is 4. The highest BCUT2D eigenvalue weighted by Gasteiger charge is 2.14. The van der Waals surface area contributed by atoms with E-state index in [4.69, 9.17) is 4.42 Å². The van der Waals surface area contributed by atoms with Gasteiger partial charge in [-0.2, -0.15) is 0 Å². The van der Waals surface area contributed by atoms with Gasteiger partial charge in [-0.3, -0.25) is 10.2 Å². The molecule has 0 aromatic carbocycles. The van der Waals surface area contributed by atoms with Crippen LogP contribution < -0.4 is 10.2 Å². The average Bonchev–Trinajstić information content (AvgIpc) is 3.29. The second-order valence-electron chi connectivity index (χ2n) is 5.02. The van der Waals surface area contributed by atoms with Crippen LogP contribution in [0.2, 0.25) is 0 Å². The van der Waals surface area contributed by atoms with Gasteiger partial charge in [0.1, 0.15) is 11.6 Å². The maximum absolute atomic E-state index is 12.2. The van der Waals surface area contributed by atoms with E-state index in [0.717, 1.165) is 16.4 Å². The Morgan fingerprint density at radius 1 is 1.32 bits per heavy atom. The van der Waals surface area contributed by atoms with Crippen molar-refractivity contribution in [2.75, 3.05) is 17.3 Å². The van der Waals surface area contributed by atoms with E-state index in [1.54, 1.807) is 49.5 Å². The molecule has 0 saturated carbocycles. The van der Waals surface area contributed by atoms with Gasteiger partial charge in [0.25, 0.3) is 0 Å². The lowest BCUT2D eigenvalue weighted by atomic mass is 10.4. The van der Waals surface area contributed by atoms with Crippen molar-refractivity contribution in [3.05, 3.63) is 48.4 Å². The van der Waals surface area contributed by atoms with Crippen LogP contribution in [0.5, 0.6) is 0 Å². The molecule has 3 rings (SSSR count). The first-order valence-electron chi connectivity index (χ1n) is 7.63. The Hall–Kier alpha value is -2.39. The minimum Gasteiger partial charge on any atom is -0.445 e. The SMILES string of the molecule is CCc1cnc(CSc2cnc(NC(=O)N(C)c3ccccn3)s2)o1. The van der Waals surface area contributed by atoms with Crippen LogP contribution in [-0.4, -0.2) is 28.0 Å². The first-order valence-corrected chi connectivity index (χ1v) is 9.44. The molecule has 3 aromatic heterocycles. The molecule has 0 aliphatic rings. The van der Waals surface area contributed by atoms with Crippen LogP contribution in [0, 0.1) is 0 Å². The van der Waals surface area contributed by atoms with E-state index in [9.17, 15) is 4.79 Å². The normalized spacial score (nSPS) is 10.6. The van der Waals surface area contributed by atoms with Crippen molar-refractivity contribution in [1.82, 2.24) is 15.0 Å². The fourth-order valence-corrected chi connectivity index (χ4v) is 3.64. The number of aromatic nitrogens is 3. The highest BCUT2D eigenvalue weighted by molar-refractivity contribution is 8.00. The van der Waals surface area contributed by atoms with Gasteiger partial charge in [-0.05, 0) is 12.1 Å². The molecule has 0 fully saturated rings. The van der Waals surface area contributed by atoms with Gasteiger partial charge >= 0.3 is 6.03 Å². The molecule has 0 atom stereocenters. The van der Waals surface area contributed by atoms with E-state index in [0.29, 0.717) is 22.6 Å². The quantitative estimate of drug-likeness (QED) is 0.654. The van der Waals surface area contributed by atoms with Crippen LogP contribution in [0.1, 0.15) is 18.6 Å². The maximum Gasteiger partial charge on any atom is 0.329 e. The standard InChI is InChI=1S/C16H17N5O2S2/c1-3-11-8-18-13(23-11)10-24-14-9-19-15(25-14)20-16(22)21(2)12-6-4-5-7-17-12/h4-9H,3,10H2,1-2H3,(H,19,20,22). The Labute approximate surface area is 153 Å². The summed E-state index contributed by atoms with van der Waals surface area (Å²) in [5.41, 5.74) is 0. The monoisotopic (exact) mass is 375 g/mol. The van der Waals surface area contributed by atoms with Gasteiger partial charge in [0, 0.05) is 19.7 Å². The molecule has 2 amide bonds. The van der Waals surface area contributed by atoms with E-state index in [1.165, 1.54) is 16.2 Å². The second-order valence-corrected chi connectivity index (χ2v) is 7.33. The molecule has 0 bridgehead atoms. The number of amides is 2. The van der Waals surface area contributed by atoms with Gasteiger partial charge in [-0.15, -0.1) is 11.8 Å². The average molecular weight is 375 g/mol. The topological polar surface area (TPSA) is 84.2 Å². The van der Waals surface area contributed by atoms with Crippen molar-refractivity contribution in [3.63, 3.8) is 0 Å². The zero-order valence-electron chi connectivity index (χ0n) is 13.8. The number of rotatable bonds is 6. The molecule has 0 unspecified atom stereocenters. The van der Waals surface area contributed by atoms with Crippen LogP contribution >= 0.6 is 23.1 Å². The molecule has 1 N–H and O–H groups in total. The number of anilines is 2. The van der Waals surface area contributed by atoms with Gasteiger partial charge in [0.05, 0.1) is 22.4 Å². The molecular formula is C16H17N5O2S2. The van der Waals surface area contributed by atoms with Crippen molar-refractivity contribution in [2.45, 2.75) is 23.3 Å². The molecule has 0 radical (unpaired) electrons. The Bertz CT molecular complexity index is 834. The van der Waals surface area contributed by atoms with Gasteiger partial charge in [-0.25, -0.2) is 19.7 Å². The number of carbonyl (C=O) groups is 1. The summed E-state index contributed by atoms with van der Waals surface area (Å²) in [4.78, 5) is 26.3. The number of nitrogens with one attached hydrogen (secondary N) is 1. The first-order chi connectivity index (χ1) is 12.2. The largest absolute Gasteiger partial charge is 0.445 e. The second kappa shape index (κ2) is 8.13. The van der Waals surface area contributed by atoms with E-state index in [1.807, 2.05) is 13.0 Å². The predicted molar refractivity (Wildman–Crippen MR) is 99.2 cm³/mol. The van der Waals surface area contributed by atoms with Gasteiger partial charge in [-0.1, -0.05) is 24.3 Å². The number of hydrogen-bond donors (Lipinski definition) is 1. The minimum atomic E-state index is -0.287. The van der Waals surface area contributed by atoms with Crippen LogP contribution in [0.25, 0.3) is 0 Å². The maximum atomic E-state index is 12.2. The van der Waals surface area contributed by atoms with Crippen molar-refractivity contribution < 1.29 is 9.21 Å². The molecule has 7 nitrogen and oxygen atoms in total. The van der Waals surface area contributed by atoms with Crippen LogP contribution in [0.3, 0.4) is 0 Å². The fraction of sp³-hybridized carbons (Fsp3) is 0.250. The number of urea groups is 1. The van der Waals surface area contributed by atoms with Crippen LogP contribution in [0.4, 0.5) is 15.7 Å². The number of thioether (sulfide) groups is 1. The van der Waals surface area contributed by atoms with Crippen molar-refractivity contribution in [1.29, 1.82) is 0 Å². The molecule has 3 heterocycles. The third-order valence-electron chi connectivity index (χ3n) is 3.28. The number of hydrogen-bond acceptors (Lipinski definition) is 7. The van der Waals surface area contributed by atoms with Gasteiger partial charge in [0.15, 0.2) is 5.13 Å². The zero-order chi connectivity index (χ0) is 17.6. The number of pyridine rings is 1. The predicted octanol–water partition coefficient (Wildman–Crippen LogP) is 4.05. The van der Waals surface area contributed by atoms with E-state index >= 15 is 0 Å². The van der Waals surface area contributed by atoms with E-state index in [-0.39, 0.29) is 6.03 Å². The fourth-order valence-electron chi connectivity index (χ4n) is 1.93. The summed E-state index contributed by atoms with van der Waals surface area (Å²) in [7, 11) is 1.66. The third-order valence-corrected chi connectivity index (χ3v) is 5.38. The lowest BCUT2D eigenvalue weighted by Crippen LogP contribution is -2.31. The van der Waals surface area contributed by atoms with E-state index < -0.39 is 0 Å². The van der Waals surface area contributed by atoms with Crippen molar-refractivity contribution >= 4 is 40.1 Å². The van der Waals surface area contributed by atoms with Crippen LogP contribution in [-0.2, 0) is 12.2 Å². The number of aryl methyl sites for hydroxylation is 1. The summed E-state index contributed by atoms with van der Waals surface area (Å²) in [6.45, 7) is 2.03.